The van der Waals surface area contributed by atoms with Crippen molar-refractivity contribution in [1.82, 2.24) is 10.2 Å². The smallest absolute Gasteiger partial charge is 0.224 e. The van der Waals surface area contributed by atoms with Crippen LogP contribution in [0.1, 0.15) is 25.0 Å². The summed E-state index contributed by atoms with van der Waals surface area (Å²) in [6.07, 6.45) is 0.591. The zero-order chi connectivity index (χ0) is 15.4. The van der Waals surface area contributed by atoms with Crippen LogP contribution in [-0.2, 0) is 9.53 Å². The molecule has 3 rings (SSSR count). The highest BCUT2D eigenvalue weighted by Crippen LogP contribution is 2.25. The predicted octanol–water partition coefficient (Wildman–Crippen LogP) is 2.07. The standard InChI is InChI=1S/C17H24N2O2S/c1-13-11-21-16(14-5-3-2-4-6-14)10-19(13)17(20)9-15-12-22-8-7-18-15/h2-6,13,15-16,18H,7-12H2,1H3. The van der Waals surface area contributed by atoms with Gasteiger partial charge in [-0.2, -0.15) is 11.8 Å². The molecule has 2 aliphatic heterocycles. The van der Waals surface area contributed by atoms with E-state index in [4.69, 9.17) is 4.74 Å². The number of amides is 1. The van der Waals surface area contributed by atoms with Crippen molar-refractivity contribution in [2.24, 2.45) is 0 Å². The molecule has 0 aliphatic carbocycles. The highest BCUT2D eigenvalue weighted by atomic mass is 32.2. The number of ether oxygens (including phenoxy) is 1. The molecule has 0 saturated carbocycles. The van der Waals surface area contributed by atoms with Crippen LogP contribution in [0.3, 0.4) is 0 Å². The van der Waals surface area contributed by atoms with Crippen LogP contribution in [-0.4, -0.2) is 54.1 Å². The quantitative estimate of drug-likeness (QED) is 0.926. The van der Waals surface area contributed by atoms with Gasteiger partial charge in [-0.05, 0) is 12.5 Å². The van der Waals surface area contributed by atoms with E-state index in [-0.39, 0.29) is 18.1 Å². The third-order valence-corrected chi connectivity index (χ3v) is 5.48. The summed E-state index contributed by atoms with van der Waals surface area (Å²) < 4.78 is 5.93. The Morgan fingerprint density at radius 3 is 2.95 bits per heavy atom. The summed E-state index contributed by atoms with van der Waals surface area (Å²) in [5, 5.41) is 3.45. The van der Waals surface area contributed by atoms with Gasteiger partial charge in [0, 0.05) is 30.5 Å². The molecule has 1 aromatic carbocycles. The molecule has 2 fully saturated rings. The fourth-order valence-corrected chi connectivity index (χ4v) is 4.00. The van der Waals surface area contributed by atoms with E-state index in [0.29, 0.717) is 25.6 Å². The van der Waals surface area contributed by atoms with Crippen molar-refractivity contribution in [2.45, 2.75) is 31.5 Å². The summed E-state index contributed by atoms with van der Waals surface area (Å²) in [7, 11) is 0. The zero-order valence-corrected chi connectivity index (χ0v) is 13.8. The number of morpholine rings is 1. The van der Waals surface area contributed by atoms with Crippen molar-refractivity contribution < 1.29 is 9.53 Å². The number of hydrogen-bond donors (Lipinski definition) is 1. The minimum absolute atomic E-state index is 0.00459. The maximum atomic E-state index is 12.7. The Morgan fingerprint density at radius 2 is 2.23 bits per heavy atom. The molecule has 0 spiro atoms. The Bertz CT molecular complexity index is 491. The first-order valence-corrected chi connectivity index (χ1v) is 9.16. The number of benzene rings is 1. The summed E-state index contributed by atoms with van der Waals surface area (Å²) in [6, 6.07) is 10.7. The Hall–Kier alpha value is -1.04. The lowest BCUT2D eigenvalue weighted by atomic mass is 10.1. The van der Waals surface area contributed by atoms with Crippen molar-refractivity contribution in [3.63, 3.8) is 0 Å². The van der Waals surface area contributed by atoms with Crippen LogP contribution in [0.4, 0.5) is 0 Å². The number of carbonyl (C=O) groups excluding carboxylic acids is 1. The van der Waals surface area contributed by atoms with Crippen LogP contribution < -0.4 is 5.32 Å². The van der Waals surface area contributed by atoms with E-state index in [2.05, 4.69) is 24.4 Å². The largest absolute Gasteiger partial charge is 0.370 e. The molecule has 5 heteroatoms. The number of nitrogens with zero attached hydrogens (tertiary/aromatic N) is 1. The Labute approximate surface area is 136 Å². The van der Waals surface area contributed by atoms with Crippen molar-refractivity contribution in [1.29, 1.82) is 0 Å². The van der Waals surface area contributed by atoms with E-state index < -0.39 is 0 Å². The number of nitrogens with one attached hydrogen (secondary N) is 1. The highest BCUT2D eigenvalue weighted by Gasteiger charge is 2.31. The summed E-state index contributed by atoms with van der Waals surface area (Å²) in [5.41, 5.74) is 1.15. The second-order valence-corrected chi connectivity index (χ2v) is 7.21. The van der Waals surface area contributed by atoms with Gasteiger partial charge in [-0.25, -0.2) is 0 Å². The summed E-state index contributed by atoms with van der Waals surface area (Å²) in [4.78, 5) is 14.7. The normalized spacial score (nSPS) is 29.3. The lowest BCUT2D eigenvalue weighted by Crippen LogP contribution is -2.50. The van der Waals surface area contributed by atoms with E-state index in [9.17, 15) is 4.79 Å². The third-order valence-electron chi connectivity index (χ3n) is 4.34. The van der Waals surface area contributed by atoms with Gasteiger partial charge in [0.25, 0.3) is 0 Å². The molecule has 2 heterocycles. The molecule has 3 atom stereocenters. The Morgan fingerprint density at radius 1 is 1.41 bits per heavy atom. The van der Waals surface area contributed by atoms with Gasteiger partial charge in [-0.3, -0.25) is 4.79 Å². The molecule has 2 aliphatic rings. The summed E-state index contributed by atoms with van der Waals surface area (Å²) in [6.45, 7) is 4.35. The van der Waals surface area contributed by atoms with Crippen LogP contribution in [0.5, 0.6) is 0 Å². The van der Waals surface area contributed by atoms with Gasteiger partial charge in [-0.1, -0.05) is 30.3 Å². The molecule has 0 aromatic heterocycles. The lowest BCUT2D eigenvalue weighted by Gasteiger charge is -2.39. The third kappa shape index (κ3) is 3.83. The van der Waals surface area contributed by atoms with E-state index in [1.807, 2.05) is 34.9 Å². The molecule has 3 unspecified atom stereocenters. The first-order valence-electron chi connectivity index (χ1n) is 8.01. The maximum Gasteiger partial charge on any atom is 0.224 e. The average Bonchev–Trinajstić information content (AvgIpc) is 2.57. The molecule has 4 nitrogen and oxygen atoms in total. The van der Waals surface area contributed by atoms with Gasteiger partial charge in [-0.15, -0.1) is 0 Å². The lowest BCUT2D eigenvalue weighted by molar-refractivity contribution is -0.144. The number of rotatable bonds is 3. The zero-order valence-electron chi connectivity index (χ0n) is 13.0. The van der Waals surface area contributed by atoms with Gasteiger partial charge < -0.3 is 15.0 Å². The highest BCUT2D eigenvalue weighted by molar-refractivity contribution is 7.99. The van der Waals surface area contributed by atoms with Crippen LogP contribution >= 0.6 is 11.8 Å². The predicted molar refractivity (Wildman–Crippen MR) is 90.0 cm³/mol. The van der Waals surface area contributed by atoms with Crippen LogP contribution in [0.15, 0.2) is 30.3 Å². The molecule has 0 bridgehead atoms. The Kier molecular flexibility index (Phi) is 5.39. The van der Waals surface area contributed by atoms with E-state index in [1.165, 1.54) is 0 Å². The molecule has 2 saturated heterocycles. The number of hydrogen-bond acceptors (Lipinski definition) is 4. The molecular formula is C17H24N2O2S. The minimum Gasteiger partial charge on any atom is -0.370 e. The monoisotopic (exact) mass is 320 g/mol. The van der Waals surface area contributed by atoms with Gasteiger partial charge >= 0.3 is 0 Å². The molecule has 0 radical (unpaired) electrons. The summed E-state index contributed by atoms with van der Waals surface area (Å²) in [5.74, 6) is 2.43. The summed E-state index contributed by atoms with van der Waals surface area (Å²) >= 11 is 1.93. The molecule has 22 heavy (non-hydrogen) atoms. The van der Waals surface area contributed by atoms with Crippen molar-refractivity contribution in [2.75, 3.05) is 31.2 Å². The fraction of sp³-hybridized carbons (Fsp3) is 0.588. The number of thioether (sulfide) groups is 1. The van der Waals surface area contributed by atoms with Gasteiger partial charge in [0.15, 0.2) is 0 Å². The molecule has 1 aromatic rings. The SMILES string of the molecule is CC1COC(c2ccccc2)CN1C(=O)CC1CSCCN1. The average molecular weight is 320 g/mol. The topological polar surface area (TPSA) is 41.6 Å². The molecule has 1 amide bonds. The van der Waals surface area contributed by atoms with E-state index in [1.54, 1.807) is 0 Å². The fourth-order valence-electron chi connectivity index (χ4n) is 3.05. The van der Waals surface area contributed by atoms with E-state index in [0.717, 1.165) is 23.6 Å². The van der Waals surface area contributed by atoms with Gasteiger partial charge in [0.1, 0.15) is 6.10 Å². The van der Waals surface area contributed by atoms with E-state index >= 15 is 0 Å². The van der Waals surface area contributed by atoms with Crippen molar-refractivity contribution in [3.8, 4) is 0 Å². The first-order chi connectivity index (χ1) is 10.7. The van der Waals surface area contributed by atoms with Gasteiger partial charge in [0.05, 0.1) is 19.2 Å². The Balaban J connectivity index is 1.62. The van der Waals surface area contributed by atoms with Gasteiger partial charge in [0.2, 0.25) is 5.91 Å². The maximum absolute atomic E-state index is 12.7. The second-order valence-electron chi connectivity index (χ2n) is 6.06. The molecular weight excluding hydrogens is 296 g/mol. The molecule has 120 valence electrons. The molecule has 1 N–H and O–H groups in total. The van der Waals surface area contributed by atoms with Crippen LogP contribution in [0.2, 0.25) is 0 Å². The van der Waals surface area contributed by atoms with Crippen LogP contribution in [0.25, 0.3) is 0 Å². The van der Waals surface area contributed by atoms with Crippen LogP contribution in [0, 0.1) is 0 Å². The van der Waals surface area contributed by atoms with Crippen molar-refractivity contribution >= 4 is 17.7 Å². The minimum atomic E-state index is -0.00459. The van der Waals surface area contributed by atoms with Crippen molar-refractivity contribution in [3.05, 3.63) is 35.9 Å². The second kappa shape index (κ2) is 7.49. The first kappa shape index (κ1) is 15.8. The number of carbonyl (C=O) groups is 1.